The zero-order valence-corrected chi connectivity index (χ0v) is 15.9. The second kappa shape index (κ2) is 5.85. The SMILES string of the molecule is COc1ccc(N2C(=O)C3CC4C5C=CC(C5)C4C(C)C3C2=O)c(OC)c1. The number of hydrogen-bond donors (Lipinski definition) is 0. The number of ether oxygens (including phenoxy) is 2. The van der Waals surface area contributed by atoms with Gasteiger partial charge in [-0.3, -0.25) is 9.59 Å². The van der Waals surface area contributed by atoms with E-state index >= 15 is 0 Å². The van der Waals surface area contributed by atoms with Crippen LogP contribution in [0.15, 0.2) is 30.4 Å². The van der Waals surface area contributed by atoms with Gasteiger partial charge in [-0.25, -0.2) is 4.90 Å². The highest BCUT2D eigenvalue weighted by Crippen LogP contribution is 2.60. The number of imide groups is 1. The second-order valence-electron chi connectivity index (χ2n) is 8.47. The van der Waals surface area contributed by atoms with Crippen LogP contribution in [0.4, 0.5) is 5.69 Å². The van der Waals surface area contributed by atoms with Crippen molar-refractivity contribution < 1.29 is 19.1 Å². The van der Waals surface area contributed by atoms with Crippen LogP contribution in [0.1, 0.15) is 19.8 Å². The average molecular weight is 367 g/mol. The Kier molecular flexibility index (Phi) is 3.65. The number of carbonyl (C=O) groups is 2. The molecular weight excluding hydrogens is 342 g/mol. The van der Waals surface area contributed by atoms with E-state index in [-0.39, 0.29) is 29.6 Å². The molecule has 0 N–H and O–H groups in total. The molecule has 0 aromatic heterocycles. The highest BCUT2D eigenvalue weighted by molar-refractivity contribution is 6.22. The number of allylic oxidation sites excluding steroid dienone is 2. The summed E-state index contributed by atoms with van der Waals surface area (Å²) < 4.78 is 10.7. The molecule has 2 saturated carbocycles. The third-order valence-corrected chi connectivity index (χ3v) is 7.49. The molecule has 5 heteroatoms. The fourth-order valence-corrected chi connectivity index (χ4v) is 6.40. The first kappa shape index (κ1) is 16.8. The molecule has 2 bridgehead atoms. The highest BCUT2D eigenvalue weighted by atomic mass is 16.5. The summed E-state index contributed by atoms with van der Waals surface area (Å²) in [6.07, 6.45) is 6.72. The first-order valence-electron chi connectivity index (χ1n) is 9.83. The Morgan fingerprint density at radius 3 is 2.52 bits per heavy atom. The molecule has 2 amide bonds. The van der Waals surface area contributed by atoms with Gasteiger partial charge in [-0.1, -0.05) is 19.1 Å². The van der Waals surface area contributed by atoms with Gasteiger partial charge in [0.25, 0.3) is 0 Å². The predicted molar refractivity (Wildman–Crippen MR) is 101 cm³/mol. The molecule has 5 rings (SSSR count). The van der Waals surface area contributed by atoms with E-state index in [2.05, 4.69) is 19.1 Å². The normalized spacial score (nSPS) is 38.9. The van der Waals surface area contributed by atoms with Crippen molar-refractivity contribution in [3.63, 3.8) is 0 Å². The molecule has 1 saturated heterocycles. The minimum atomic E-state index is -0.210. The van der Waals surface area contributed by atoms with E-state index in [9.17, 15) is 9.59 Å². The van der Waals surface area contributed by atoms with Crippen LogP contribution in [0.3, 0.4) is 0 Å². The van der Waals surface area contributed by atoms with Crippen LogP contribution in [-0.2, 0) is 9.59 Å². The average Bonchev–Trinajstić information content (AvgIpc) is 3.35. The molecule has 3 aliphatic carbocycles. The molecule has 4 aliphatic rings. The van der Waals surface area contributed by atoms with Gasteiger partial charge in [-0.2, -0.15) is 0 Å². The molecule has 27 heavy (non-hydrogen) atoms. The van der Waals surface area contributed by atoms with E-state index in [0.29, 0.717) is 40.9 Å². The maximum absolute atomic E-state index is 13.4. The molecule has 142 valence electrons. The summed E-state index contributed by atoms with van der Waals surface area (Å²) in [7, 11) is 3.13. The van der Waals surface area contributed by atoms with Gasteiger partial charge in [0.05, 0.1) is 31.7 Å². The number of amides is 2. The molecule has 3 fully saturated rings. The van der Waals surface area contributed by atoms with Crippen molar-refractivity contribution in [1.29, 1.82) is 0 Å². The fourth-order valence-electron chi connectivity index (χ4n) is 6.40. The summed E-state index contributed by atoms with van der Waals surface area (Å²) in [5.74, 6) is 3.09. The van der Waals surface area contributed by atoms with Gasteiger partial charge < -0.3 is 9.47 Å². The van der Waals surface area contributed by atoms with Gasteiger partial charge >= 0.3 is 0 Å². The second-order valence-corrected chi connectivity index (χ2v) is 8.47. The number of anilines is 1. The fraction of sp³-hybridized carbons (Fsp3) is 0.545. The van der Waals surface area contributed by atoms with Crippen molar-refractivity contribution >= 4 is 17.5 Å². The summed E-state index contributed by atoms with van der Waals surface area (Å²) in [4.78, 5) is 28.1. The van der Waals surface area contributed by atoms with E-state index < -0.39 is 0 Å². The van der Waals surface area contributed by atoms with Gasteiger partial charge in [0, 0.05) is 6.07 Å². The van der Waals surface area contributed by atoms with Gasteiger partial charge in [0.1, 0.15) is 11.5 Å². The molecule has 5 nitrogen and oxygen atoms in total. The van der Waals surface area contributed by atoms with Crippen molar-refractivity contribution in [2.24, 2.45) is 41.4 Å². The van der Waals surface area contributed by atoms with Crippen molar-refractivity contribution in [3.8, 4) is 11.5 Å². The Labute approximate surface area is 159 Å². The first-order valence-corrected chi connectivity index (χ1v) is 9.83. The lowest BCUT2D eigenvalue weighted by atomic mass is 9.60. The monoisotopic (exact) mass is 367 g/mol. The van der Waals surface area contributed by atoms with E-state index in [1.165, 1.54) is 11.3 Å². The van der Waals surface area contributed by atoms with Gasteiger partial charge in [-0.15, -0.1) is 0 Å². The number of rotatable bonds is 3. The summed E-state index contributed by atoms with van der Waals surface area (Å²) >= 11 is 0. The summed E-state index contributed by atoms with van der Waals surface area (Å²) in [5, 5.41) is 0. The van der Waals surface area contributed by atoms with E-state index in [1.807, 2.05) is 0 Å². The van der Waals surface area contributed by atoms with Crippen LogP contribution < -0.4 is 14.4 Å². The van der Waals surface area contributed by atoms with Crippen LogP contribution in [0.5, 0.6) is 11.5 Å². The summed E-state index contributed by atoms with van der Waals surface area (Å²) in [5.41, 5.74) is 0.529. The smallest absolute Gasteiger partial charge is 0.238 e. The summed E-state index contributed by atoms with van der Waals surface area (Å²) in [6.45, 7) is 2.18. The number of methoxy groups -OCH3 is 2. The zero-order chi connectivity index (χ0) is 18.9. The Bertz CT molecular complexity index is 847. The minimum Gasteiger partial charge on any atom is -0.497 e. The molecule has 7 unspecified atom stereocenters. The molecular formula is C22H25NO4. The van der Waals surface area contributed by atoms with Gasteiger partial charge in [-0.05, 0) is 54.6 Å². The quantitative estimate of drug-likeness (QED) is 0.608. The Morgan fingerprint density at radius 1 is 1.00 bits per heavy atom. The molecule has 1 aromatic carbocycles. The lowest BCUT2D eigenvalue weighted by molar-refractivity contribution is -0.126. The Morgan fingerprint density at radius 2 is 1.78 bits per heavy atom. The van der Waals surface area contributed by atoms with Crippen molar-refractivity contribution in [1.82, 2.24) is 0 Å². The topological polar surface area (TPSA) is 55.8 Å². The molecule has 1 aliphatic heterocycles. The Balaban J connectivity index is 1.52. The van der Waals surface area contributed by atoms with E-state index in [0.717, 1.165) is 6.42 Å². The van der Waals surface area contributed by atoms with Crippen molar-refractivity contribution in [2.45, 2.75) is 19.8 Å². The number of hydrogen-bond acceptors (Lipinski definition) is 4. The maximum atomic E-state index is 13.4. The molecule has 0 spiro atoms. The molecule has 7 atom stereocenters. The van der Waals surface area contributed by atoms with Crippen LogP contribution in [0, 0.1) is 41.4 Å². The number of benzene rings is 1. The van der Waals surface area contributed by atoms with E-state index in [4.69, 9.17) is 9.47 Å². The van der Waals surface area contributed by atoms with Crippen molar-refractivity contribution in [2.75, 3.05) is 19.1 Å². The van der Waals surface area contributed by atoms with Crippen molar-refractivity contribution in [3.05, 3.63) is 30.4 Å². The van der Waals surface area contributed by atoms with Gasteiger partial charge in [0.15, 0.2) is 0 Å². The maximum Gasteiger partial charge on any atom is 0.238 e. The number of carbonyl (C=O) groups excluding carboxylic acids is 2. The Hall–Kier alpha value is -2.30. The predicted octanol–water partition coefficient (Wildman–Crippen LogP) is 3.29. The molecule has 1 aromatic rings. The third-order valence-electron chi connectivity index (χ3n) is 7.49. The van der Waals surface area contributed by atoms with Crippen LogP contribution >= 0.6 is 0 Å². The van der Waals surface area contributed by atoms with Crippen LogP contribution in [0.2, 0.25) is 0 Å². The standard InChI is InChI=1S/C22H25NO4/c1-11-19-13-5-4-12(8-13)15(19)10-16-20(11)22(25)23(21(16)24)17-7-6-14(26-2)9-18(17)27-3/h4-7,9,11-13,15-16,19-20H,8,10H2,1-3H3. The number of nitrogens with zero attached hydrogens (tertiary/aromatic N) is 1. The molecule has 0 radical (unpaired) electrons. The molecule has 1 heterocycles. The minimum absolute atomic E-state index is 0.0637. The lowest BCUT2D eigenvalue weighted by Crippen LogP contribution is -2.42. The largest absolute Gasteiger partial charge is 0.497 e. The number of fused-ring (bicyclic) bond motifs is 6. The third kappa shape index (κ3) is 2.17. The van der Waals surface area contributed by atoms with Gasteiger partial charge in [0.2, 0.25) is 11.8 Å². The highest BCUT2D eigenvalue weighted by Gasteiger charge is 2.61. The summed E-state index contributed by atoms with van der Waals surface area (Å²) in [6, 6.07) is 5.24. The van der Waals surface area contributed by atoms with Crippen LogP contribution in [-0.4, -0.2) is 26.0 Å². The zero-order valence-electron chi connectivity index (χ0n) is 15.9. The lowest BCUT2D eigenvalue weighted by Gasteiger charge is -2.42. The first-order chi connectivity index (χ1) is 13.0. The van der Waals surface area contributed by atoms with Crippen LogP contribution in [0.25, 0.3) is 0 Å². The van der Waals surface area contributed by atoms with E-state index in [1.54, 1.807) is 32.4 Å².